The molecular formula is C11H20ClN5O. The molecule has 0 fully saturated rings. The van der Waals surface area contributed by atoms with E-state index in [1.807, 2.05) is 0 Å². The Balaban J connectivity index is 0.00000289. The van der Waals surface area contributed by atoms with Crippen molar-refractivity contribution in [3.05, 3.63) is 18.4 Å². The van der Waals surface area contributed by atoms with Gasteiger partial charge in [-0.25, -0.2) is 0 Å². The summed E-state index contributed by atoms with van der Waals surface area (Å²) in [6.07, 6.45) is 3.71. The minimum absolute atomic E-state index is 0. The van der Waals surface area contributed by atoms with Crippen LogP contribution in [0.2, 0.25) is 0 Å². The average molecular weight is 274 g/mol. The molecule has 1 rings (SSSR count). The number of nitrogens with one attached hydrogen (secondary N) is 4. The summed E-state index contributed by atoms with van der Waals surface area (Å²) in [5, 5.41) is 16.1. The molecule has 1 aromatic heterocycles. The number of unbranched alkanes of at least 4 members (excludes halogenated alkanes) is 1. The van der Waals surface area contributed by atoms with Crippen LogP contribution in [-0.4, -0.2) is 25.5 Å². The molecule has 1 aromatic rings. The molecule has 0 aliphatic carbocycles. The minimum atomic E-state index is 0. The normalized spacial score (nSPS) is 10.4. The zero-order valence-corrected chi connectivity index (χ0v) is 11.4. The Morgan fingerprint density at radius 2 is 2.28 bits per heavy atom. The highest BCUT2D eigenvalue weighted by atomic mass is 35.5. The lowest BCUT2D eigenvalue weighted by atomic mass is 10.3. The first-order chi connectivity index (χ1) is 8.26. The SMILES string of the molecule is CCCCNC(=Nc1ccco1)NC(=N)NC.Cl. The first-order valence-electron chi connectivity index (χ1n) is 5.65. The lowest BCUT2D eigenvalue weighted by Gasteiger charge is -2.11. The predicted molar refractivity (Wildman–Crippen MR) is 75.9 cm³/mol. The summed E-state index contributed by atoms with van der Waals surface area (Å²) in [6, 6.07) is 3.53. The third-order valence-electron chi connectivity index (χ3n) is 2.04. The largest absolute Gasteiger partial charge is 0.447 e. The Bertz CT molecular complexity index is 364. The molecule has 0 radical (unpaired) electrons. The summed E-state index contributed by atoms with van der Waals surface area (Å²) in [6.45, 7) is 2.92. The molecule has 0 aromatic carbocycles. The van der Waals surface area contributed by atoms with E-state index in [0.29, 0.717) is 11.8 Å². The second-order valence-electron chi connectivity index (χ2n) is 3.44. The predicted octanol–water partition coefficient (Wildman–Crippen LogP) is 1.82. The number of guanidine groups is 2. The molecule has 0 saturated heterocycles. The first-order valence-corrected chi connectivity index (χ1v) is 5.65. The fraction of sp³-hybridized carbons (Fsp3) is 0.455. The van der Waals surface area contributed by atoms with Crippen molar-refractivity contribution in [1.82, 2.24) is 16.0 Å². The van der Waals surface area contributed by atoms with Crippen LogP contribution in [0.3, 0.4) is 0 Å². The molecule has 18 heavy (non-hydrogen) atoms. The molecule has 0 amide bonds. The monoisotopic (exact) mass is 273 g/mol. The number of nitrogens with zero attached hydrogens (tertiary/aromatic N) is 1. The number of hydrogen-bond acceptors (Lipinski definition) is 3. The maximum atomic E-state index is 7.50. The van der Waals surface area contributed by atoms with Crippen molar-refractivity contribution in [3.8, 4) is 0 Å². The quantitative estimate of drug-likeness (QED) is 0.383. The van der Waals surface area contributed by atoms with Gasteiger partial charge in [0.05, 0.1) is 6.26 Å². The fourth-order valence-electron chi connectivity index (χ4n) is 1.12. The molecule has 0 spiro atoms. The summed E-state index contributed by atoms with van der Waals surface area (Å²) < 4.78 is 5.13. The molecule has 0 atom stereocenters. The van der Waals surface area contributed by atoms with Gasteiger partial charge < -0.3 is 15.1 Å². The maximum absolute atomic E-state index is 7.50. The van der Waals surface area contributed by atoms with E-state index in [2.05, 4.69) is 27.9 Å². The van der Waals surface area contributed by atoms with Gasteiger partial charge in [-0.3, -0.25) is 10.7 Å². The Hall–Kier alpha value is -1.69. The second-order valence-corrected chi connectivity index (χ2v) is 3.44. The highest BCUT2D eigenvalue weighted by Gasteiger charge is 2.02. The average Bonchev–Trinajstić information content (AvgIpc) is 2.82. The third kappa shape index (κ3) is 6.15. The number of aliphatic imine (C=N–C) groups is 1. The zero-order valence-electron chi connectivity index (χ0n) is 10.6. The second kappa shape index (κ2) is 9.35. The standard InChI is InChI=1S/C11H19N5O.ClH/c1-3-4-7-14-11(16-10(12)13-2)15-9-6-5-8-17-9;/h5-6,8H,3-4,7H2,1-2H3,(H4,12,13,14,15,16);1H. The van der Waals surface area contributed by atoms with E-state index in [0.717, 1.165) is 19.4 Å². The first kappa shape index (κ1) is 16.3. The van der Waals surface area contributed by atoms with E-state index >= 15 is 0 Å². The van der Waals surface area contributed by atoms with E-state index in [1.54, 1.807) is 25.4 Å². The van der Waals surface area contributed by atoms with Crippen molar-refractivity contribution in [2.45, 2.75) is 19.8 Å². The Morgan fingerprint density at radius 1 is 1.50 bits per heavy atom. The van der Waals surface area contributed by atoms with Crippen molar-refractivity contribution < 1.29 is 4.42 Å². The van der Waals surface area contributed by atoms with Gasteiger partial charge in [0.15, 0.2) is 5.96 Å². The van der Waals surface area contributed by atoms with Gasteiger partial charge in [0, 0.05) is 19.7 Å². The summed E-state index contributed by atoms with van der Waals surface area (Å²) >= 11 is 0. The van der Waals surface area contributed by atoms with Crippen LogP contribution in [0.1, 0.15) is 19.8 Å². The highest BCUT2D eigenvalue weighted by Crippen LogP contribution is 2.10. The number of rotatable bonds is 4. The minimum Gasteiger partial charge on any atom is -0.447 e. The van der Waals surface area contributed by atoms with Crippen molar-refractivity contribution in [2.75, 3.05) is 13.6 Å². The Morgan fingerprint density at radius 3 is 2.83 bits per heavy atom. The fourth-order valence-corrected chi connectivity index (χ4v) is 1.12. The molecule has 102 valence electrons. The van der Waals surface area contributed by atoms with Crippen molar-refractivity contribution >= 4 is 30.2 Å². The maximum Gasteiger partial charge on any atom is 0.221 e. The van der Waals surface area contributed by atoms with Gasteiger partial charge in [-0.05, 0) is 12.5 Å². The lowest BCUT2D eigenvalue weighted by molar-refractivity contribution is 0.576. The molecule has 0 bridgehead atoms. The van der Waals surface area contributed by atoms with Crippen LogP contribution < -0.4 is 16.0 Å². The van der Waals surface area contributed by atoms with Gasteiger partial charge in [0.2, 0.25) is 11.8 Å². The van der Waals surface area contributed by atoms with Gasteiger partial charge in [-0.1, -0.05) is 13.3 Å². The van der Waals surface area contributed by atoms with Gasteiger partial charge >= 0.3 is 0 Å². The number of hydrogen-bond donors (Lipinski definition) is 4. The van der Waals surface area contributed by atoms with Crippen LogP contribution in [0.4, 0.5) is 5.88 Å². The van der Waals surface area contributed by atoms with Gasteiger partial charge in [0.25, 0.3) is 0 Å². The molecule has 0 saturated carbocycles. The molecule has 0 unspecified atom stereocenters. The summed E-state index contributed by atoms with van der Waals surface area (Å²) in [7, 11) is 1.67. The van der Waals surface area contributed by atoms with Crippen LogP contribution in [0, 0.1) is 5.41 Å². The third-order valence-corrected chi connectivity index (χ3v) is 2.04. The highest BCUT2D eigenvalue weighted by molar-refractivity contribution is 5.97. The molecule has 7 heteroatoms. The smallest absolute Gasteiger partial charge is 0.221 e. The van der Waals surface area contributed by atoms with Gasteiger partial charge in [0.1, 0.15) is 0 Å². The molecule has 0 aliphatic rings. The van der Waals surface area contributed by atoms with E-state index in [4.69, 9.17) is 9.83 Å². The van der Waals surface area contributed by atoms with Gasteiger partial charge in [-0.2, -0.15) is 4.99 Å². The molecule has 4 N–H and O–H groups in total. The molecular weight excluding hydrogens is 254 g/mol. The van der Waals surface area contributed by atoms with Crippen LogP contribution in [0.25, 0.3) is 0 Å². The van der Waals surface area contributed by atoms with E-state index in [1.165, 1.54) is 0 Å². The van der Waals surface area contributed by atoms with Crippen LogP contribution in [0.15, 0.2) is 27.8 Å². The van der Waals surface area contributed by atoms with Crippen molar-refractivity contribution in [3.63, 3.8) is 0 Å². The summed E-state index contributed by atoms with van der Waals surface area (Å²) in [5.41, 5.74) is 0. The van der Waals surface area contributed by atoms with E-state index in [-0.39, 0.29) is 18.4 Å². The van der Waals surface area contributed by atoms with E-state index < -0.39 is 0 Å². The Kier molecular flexibility index (Phi) is 8.47. The number of halogens is 1. The van der Waals surface area contributed by atoms with Gasteiger partial charge in [-0.15, -0.1) is 12.4 Å². The molecule has 6 nitrogen and oxygen atoms in total. The molecule has 0 aliphatic heterocycles. The van der Waals surface area contributed by atoms with E-state index in [9.17, 15) is 0 Å². The summed E-state index contributed by atoms with van der Waals surface area (Å²) in [5.74, 6) is 1.19. The van der Waals surface area contributed by atoms with Crippen LogP contribution >= 0.6 is 12.4 Å². The van der Waals surface area contributed by atoms with Crippen molar-refractivity contribution in [2.24, 2.45) is 4.99 Å². The lowest BCUT2D eigenvalue weighted by Crippen LogP contribution is -2.45. The van der Waals surface area contributed by atoms with Crippen LogP contribution in [-0.2, 0) is 0 Å². The summed E-state index contributed by atoms with van der Waals surface area (Å²) in [4.78, 5) is 4.23. The van der Waals surface area contributed by atoms with Crippen molar-refractivity contribution in [1.29, 1.82) is 5.41 Å². The topological polar surface area (TPSA) is 85.4 Å². The number of furan rings is 1. The molecule has 1 heterocycles. The Labute approximate surface area is 113 Å². The zero-order chi connectivity index (χ0) is 12.5. The van der Waals surface area contributed by atoms with Crippen LogP contribution in [0.5, 0.6) is 0 Å².